The number of carbonyl (C=O) groups excluding carboxylic acids is 2. The number of para-hydroxylation sites is 1. The first-order valence-electron chi connectivity index (χ1n) is 9.98. The molecule has 1 saturated heterocycles. The van der Waals surface area contributed by atoms with Crippen LogP contribution >= 0.6 is 23.8 Å². The van der Waals surface area contributed by atoms with Crippen LogP contribution < -0.4 is 10.2 Å². The van der Waals surface area contributed by atoms with Gasteiger partial charge < -0.3 is 9.67 Å². The molecule has 2 N–H and O–H groups in total. The van der Waals surface area contributed by atoms with E-state index in [1.807, 2.05) is 11.5 Å². The summed E-state index contributed by atoms with van der Waals surface area (Å²) in [6.45, 7) is 3.60. The summed E-state index contributed by atoms with van der Waals surface area (Å²) in [5.41, 5.74) is 2.31. The van der Waals surface area contributed by atoms with Crippen molar-refractivity contribution in [2.24, 2.45) is 0 Å². The summed E-state index contributed by atoms with van der Waals surface area (Å²) in [5.74, 6) is -3.24. The van der Waals surface area contributed by atoms with E-state index in [1.165, 1.54) is 36.4 Å². The van der Waals surface area contributed by atoms with Gasteiger partial charge in [0.25, 0.3) is 11.8 Å². The fraction of sp³-hybridized carbons (Fsp3) is 0.0833. The average molecular weight is 498 g/mol. The molecule has 1 aliphatic rings. The smallest absolute Gasteiger partial charge is 0.337 e. The predicted molar refractivity (Wildman–Crippen MR) is 130 cm³/mol. The van der Waals surface area contributed by atoms with Crippen LogP contribution in [0.15, 0.2) is 54.1 Å². The second-order valence-corrected chi connectivity index (χ2v) is 8.33. The maximum atomic E-state index is 14.4. The van der Waals surface area contributed by atoms with Crippen LogP contribution in [0.2, 0.25) is 5.02 Å². The highest BCUT2D eigenvalue weighted by Crippen LogP contribution is 2.28. The third-order valence-corrected chi connectivity index (χ3v) is 6.00. The normalized spacial score (nSPS) is 15.1. The van der Waals surface area contributed by atoms with Crippen molar-refractivity contribution in [1.82, 2.24) is 9.88 Å². The van der Waals surface area contributed by atoms with Crippen LogP contribution in [0, 0.1) is 19.7 Å². The summed E-state index contributed by atoms with van der Waals surface area (Å²) in [4.78, 5) is 38.0. The van der Waals surface area contributed by atoms with Gasteiger partial charge in [0.15, 0.2) is 5.11 Å². The number of aromatic nitrogens is 1. The number of anilines is 1. The summed E-state index contributed by atoms with van der Waals surface area (Å²) in [6.07, 6.45) is 1.42. The summed E-state index contributed by atoms with van der Waals surface area (Å²) in [6, 6.07) is 11.9. The quantitative estimate of drug-likeness (QED) is 0.316. The number of carbonyl (C=O) groups is 3. The fourth-order valence-corrected chi connectivity index (χ4v) is 4.34. The molecule has 34 heavy (non-hydrogen) atoms. The number of aromatic carboxylic acids is 1. The Kier molecular flexibility index (Phi) is 6.07. The van der Waals surface area contributed by atoms with Crippen LogP contribution in [0.1, 0.15) is 27.3 Å². The van der Waals surface area contributed by atoms with E-state index in [0.717, 1.165) is 10.6 Å². The van der Waals surface area contributed by atoms with Crippen molar-refractivity contribution in [3.63, 3.8) is 0 Å². The zero-order valence-corrected chi connectivity index (χ0v) is 19.5. The molecule has 0 atom stereocenters. The van der Waals surface area contributed by atoms with Crippen LogP contribution in [0.5, 0.6) is 0 Å². The lowest BCUT2D eigenvalue weighted by Gasteiger charge is -2.29. The predicted octanol–water partition coefficient (Wildman–Crippen LogP) is 4.42. The minimum atomic E-state index is -1.14. The number of hydrogen-bond acceptors (Lipinski definition) is 4. The molecule has 2 heterocycles. The standard InChI is InChI=1S/C24H17ClFN3O4S/c1-12-9-14(13(2)28(12)15-7-8-16(23(32)33)18(25)11-15)10-17-21(30)27-24(34)29(22(17)31)20-6-4-3-5-19(20)26/h3-11H,1-2H3,(H,32,33)(H,27,30,34)/b17-10-. The summed E-state index contributed by atoms with van der Waals surface area (Å²) < 4.78 is 16.2. The van der Waals surface area contributed by atoms with E-state index >= 15 is 0 Å². The molecule has 2 amide bonds. The molecule has 1 fully saturated rings. The van der Waals surface area contributed by atoms with Gasteiger partial charge in [-0.25, -0.2) is 14.1 Å². The van der Waals surface area contributed by atoms with Crippen molar-refractivity contribution in [3.8, 4) is 5.69 Å². The molecule has 0 radical (unpaired) electrons. The minimum Gasteiger partial charge on any atom is -0.478 e. The number of aryl methyl sites for hydroxylation is 1. The zero-order chi connectivity index (χ0) is 24.7. The van der Waals surface area contributed by atoms with Gasteiger partial charge in [0.05, 0.1) is 16.3 Å². The Labute approximate surface area is 204 Å². The topological polar surface area (TPSA) is 91.6 Å². The largest absolute Gasteiger partial charge is 0.478 e. The van der Waals surface area contributed by atoms with Crippen molar-refractivity contribution >= 4 is 58.5 Å². The van der Waals surface area contributed by atoms with Gasteiger partial charge in [0.2, 0.25) is 0 Å². The van der Waals surface area contributed by atoms with Crippen molar-refractivity contribution in [3.05, 3.63) is 87.5 Å². The number of hydrogen-bond donors (Lipinski definition) is 2. The van der Waals surface area contributed by atoms with Gasteiger partial charge in [-0.05, 0) is 74.1 Å². The molecular formula is C24H17ClFN3O4S. The van der Waals surface area contributed by atoms with Gasteiger partial charge in [-0.15, -0.1) is 0 Å². The summed E-state index contributed by atoms with van der Waals surface area (Å²) in [5, 5.41) is 11.5. The summed E-state index contributed by atoms with van der Waals surface area (Å²) >= 11 is 11.2. The van der Waals surface area contributed by atoms with Gasteiger partial charge in [0.1, 0.15) is 11.4 Å². The number of nitrogens with zero attached hydrogens (tertiary/aromatic N) is 2. The molecule has 0 aliphatic carbocycles. The maximum absolute atomic E-state index is 14.4. The SMILES string of the molecule is Cc1cc(/C=C2/C(=O)NC(=S)N(c3ccccc3F)C2=O)c(C)n1-c1ccc(C(=O)O)c(Cl)c1. The van der Waals surface area contributed by atoms with Crippen molar-refractivity contribution in [2.45, 2.75) is 13.8 Å². The second-order valence-electron chi connectivity index (χ2n) is 7.54. The van der Waals surface area contributed by atoms with Gasteiger partial charge in [-0.1, -0.05) is 23.7 Å². The molecule has 2 aromatic carbocycles. The number of amides is 2. The monoisotopic (exact) mass is 497 g/mol. The first kappa shape index (κ1) is 23.3. The Morgan fingerprint density at radius 2 is 1.85 bits per heavy atom. The minimum absolute atomic E-state index is 0.0242. The second kappa shape index (κ2) is 8.85. The molecule has 1 aromatic heterocycles. The van der Waals surface area contributed by atoms with E-state index < -0.39 is 23.6 Å². The van der Waals surface area contributed by atoms with E-state index in [1.54, 1.807) is 25.1 Å². The molecule has 172 valence electrons. The Bertz CT molecular complexity index is 1430. The molecule has 0 bridgehead atoms. The first-order chi connectivity index (χ1) is 16.1. The van der Waals surface area contributed by atoms with Crippen molar-refractivity contribution in [2.75, 3.05) is 4.90 Å². The molecular weight excluding hydrogens is 481 g/mol. The van der Waals surface area contributed by atoms with Gasteiger partial charge >= 0.3 is 5.97 Å². The Balaban J connectivity index is 1.77. The van der Waals surface area contributed by atoms with E-state index in [4.69, 9.17) is 23.8 Å². The van der Waals surface area contributed by atoms with Crippen LogP contribution in [-0.2, 0) is 9.59 Å². The third-order valence-electron chi connectivity index (χ3n) is 5.41. The average Bonchev–Trinajstić information content (AvgIpc) is 3.04. The lowest BCUT2D eigenvalue weighted by Crippen LogP contribution is -2.54. The number of thiocarbonyl (C=S) groups is 1. The Morgan fingerprint density at radius 1 is 1.15 bits per heavy atom. The number of halogens is 2. The van der Waals surface area contributed by atoms with E-state index in [9.17, 15) is 23.9 Å². The molecule has 3 aromatic rings. The van der Waals surface area contributed by atoms with E-state index in [-0.39, 0.29) is 27.0 Å². The van der Waals surface area contributed by atoms with E-state index in [0.29, 0.717) is 16.9 Å². The number of benzene rings is 2. The Morgan fingerprint density at radius 3 is 2.50 bits per heavy atom. The lowest BCUT2D eigenvalue weighted by molar-refractivity contribution is -0.122. The fourth-order valence-electron chi connectivity index (χ4n) is 3.81. The maximum Gasteiger partial charge on any atom is 0.337 e. The summed E-state index contributed by atoms with van der Waals surface area (Å²) in [7, 11) is 0. The zero-order valence-electron chi connectivity index (χ0n) is 17.9. The number of carboxylic acids is 1. The van der Waals surface area contributed by atoms with Crippen molar-refractivity contribution in [1.29, 1.82) is 0 Å². The Hall–Kier alpha value is -3.82. The van der Waals surface area contributed by atoms with Crippen LogP contribution in [0.25, 0.3) is 11.8 Å². The highest BCUT2D eigenvalue weighted by Gasteiger charge is 2.36. The van der Waals surface area contributed by atoms with Gasteiger partial charge in [-0.3, -0.25) is 14.9 Å². The van der Waals surface area contributed by atoms with Crippen LogP contribution in [0.4, 0.5) is 10.1 Å². The van der Waals surface area contributed by atoms with Crippen molar-refractivity contribution < 1.29 is 23.9 Å². The number of carboxylic acid groups (broad SMARTS) is 1. The van der Waals surface area contributed by atoms with Gasteiger partial charge in [0, 0.05) is 17.1 Å². The molecule has 0 spiro atoms. The van der Waals surface area contributed by atoms with Gasteiger partial charge in [-0.2, -0.15) is 0 Å². The first-order valence-corrected chi connectivity index (χ1v) is 10.8. The molecule has 4 rings (SSSR count). The molecule has 7 nitrogen and oxygen atoms in total. The number of nitrogens with one attached hydrogen (secondary N) is 1. The lowest BCUT2D eigenvalue weighted by atomic mass is 10.1. The third kappa shape index (κ3) is 4.00. The highest BCUT2D eigenvalue weighted by molar-refractivity contribution is 7.80. The molecule has 1 aliphatic heterocycles. The molecule has 0 saturated carbocycles. The molecule has 0 unspecified atom stereocenters. The number of rotatable bonds is 4. The van der Waals surface area contributed by atoms with Crippen LogP contribution in [-0.4, -0.2) is 32.6 Å². The molecule has 10 heteroatoms. The van der Waals surface area contributed by atoms with E-state index in [2.05, 4.69) is 5.32 Å². The highest BCUT2D eigenvalue weighted by atomic mass is 35.5. The van der Waals surface area contributed by atoms with Crippen LogP contribution in [0.3, 0.4) is 0 Å².